The number of carbonyl (C=O) groups excluding carboxylic acids is 1. The van der Waals surface area contributed by atoms with Crippen molar-refractivity contribution in [1.29, 1.82) is 0 Å². The molecule has 6 nitrogen and oxygen atoms in total. The van der Waals surface area contributed by atoms with Crippen LogP contribution in [-0.4, -0.2) is 26.5 Å². The van der Waals surface area contributed by atoms with Crippen molar-refractivity contribution in [3.8, 4) is 0 Å². The summed E-state index contributed by atoms with van der Waals surface area (Å²) in [5.74, 6) is -0.317. The summed E-state index contributed by atoms with van der Waals surface area (Å²) in [5.41, 5.74) is 1.00. The summed E-state index contributed by atoms with van der Waals surface area (Å²) in [4.78, 5) is 11.7. The van der Waals surface area contributed by atoms with Gasteiger partial charge >= 0.3 is 0 Å². The van der Waals surface area contributed by atoms with Crippen molar-refractivity contribution in [1.82, 2.24) is 25.9 Å². The van der Waals surface area contributed by atoms with E-state index in [0.717, 1.165) is 10.0 Å². The Labute approximate surface area is 106 Å². The molecule has 0 aliphatic rings. The van der Waals surface area contributed by atoms with Crippen LogP contribution < -0.4 is 5.32 Å². The van der Waals surface area contributed by atoms with Gasteiger partial charge in [0.1, 0.15) is 0 Å². The highest BCUT2D eigenvalue weighted by Gasteiger charge is 2.14. The highest BCUT2D eigenvalue weighted by molar-refractivity contribution is 9.10. The summed E-state index contributed by atoms with van der Waals surface area (Å²) in [7, 11) is 0. The third-order valence-electron chi connectivity index (χ3n) is 2.27. The Morgan fingerprint density at radius 1 is 1.41 bits per heavy atom. The number of aromatic amines is 1. The van der Waals surface area contributed by atoms with Crippen molar-refractivity contribution in [2.24, 2.45) is 0 Å². The normalized spacial score (nSPS) is 12.1. The van der Waals surface area contributed by atoms with Gasteiger partial charge in [-0.1, -0.05) is 28.1 Å². The molecule has 0 spiro atoms. The predicted octanol–water partition coefficient (Wildman–Crippen LogP) is 1.45. The number of carbonyl (C=O) groups is 1. The van der Waals surface area contributed by atoms with Gasteiger partial charge in [-0.2, -0.15) is 5.21 Å². The Balaban J connectivity index is 2.04. The van der Waals surface area contributed by atoms with Crippen LogP contribution in [0.25, 0.3) is 0 Å². The Morgan fingerprint density at radius 3 is 2.71 bits per heavy atom. The first-order valence-electron chi connectivity index (χ1n) is 4.96. The molecule has 0 saturated heterocycles. The molecule has 2 N–H and O–H groups in total. The van der Waals surface area contributed by atoms with Gasteiger partial charge < -0.3 is 5.32 Å². The second-order valence-corrected chi connectivity index (χ2v) is 4.40. The topological polar surface area (TPSA) is 83.6 Å². The number of benzene rings is 1. The van der Waals surface area contributed by atoms with Crippen LogP contribution in [0.15, 0.2) is 28.7 Å². The number of rotatable bonds is 3. The van der Waals surface area contributed by atoms with Gasteiger partial charge in [-0.3, -0.25) is 4.79 Å². The number of amides is 1. The Bertz CT molecular complexity index is 496. The van der Waals surface area contributed by atoms with Crippen molar-refractivity contribution in [3.05, 3.63) is 40.1 Å². The largest absolute Gasteiger partial charge is 0.343 e. The molecule has 7 heteroatoms. The first-order chi connectivity index (χ1) is 8.16. The first-order valence-corrected chi connectivity index (χ1v) is 5.76. The number of nitrogens with zero attached hydrogens (tertiary/aromatic N) is 3. The molecule has 0 unspecified atom stereocenters. The predicted molar refractivity (Wildman–Crippen MR) is 64.2 cm³/mol. The lowest BCUT2D eigenvalue weighted by molar-refractivity contribution is 0.0929. The van der Waals surface area contributed by atoms with E-state index < -0.39 is 0 Å². The molecule has 17 heavy (non-hydrogen) atoms. The van der Waals surface area contributed by atoms with Crippen LogP contribution >= 0.6 is 15.9 Å². The van der Waals surface area contributed by atoms with Crippen LogP contribution in [0.3, 0.4) is 0 Å². The molecular weight excluding hydrogens is 286 g/mol. The van der Waals surface area contributed by atoms with Crippen molar-refractivity contribution >= 4 is 21.8 Å². The summed E-state index contributed by atoms with van der Waals surface area (Å²) in [5, 5.41) is 15.6. The molecule has 0 saturated carbocycles. The van der Waals surface area contributed by atoms with Crippen LogP contribution in [0.1, 0.15) is 29.1 Å². The third kappa shape index (κ3) is 2.88. The fraction of sp³-hybridized carbons (Fsp3) is 0.200. The highest BCUT2D eigenvalue weighted by atomic mass is 79.9. The van der Waals surface area contributed by atoms with Crippen LogP contribution in [0.5, 0.6) is 0 Å². The molecule has 0 aliphatic carbocycles. The standard InChI is InChI=1S/C10H10BrN5O/c1-6(7-2-4-8(11)5-3-7)12-10(17)9-13-15-16-14-9/h2-6H,1H3,(H,12,17)(H,13,14,15,16)/t6-/m0/s1. The van der Waals surface area contributed by atoms with Gasteiger partial charge in [-0.25, -0.2) is 0 Å². The van der Waals surface area contributed by atoms with Gasteiger partial charge in [0.25, 0.3) is 11.7 Å². The zero-order chi connectivity index (χ0) is 12.3. The summed E-state index contributed by atoms with van der Waals surface area (Å²) in [6, 6.07) is 7.60. The van der Waals surface area contributed by atoms with Crippen molar-refractivity contribution in [2.75, 3.05) is 0 Å². The van der Waals surface area contributed by atoms with E-state index in [2.05, 4.69) is 41.9 Å². The van der Waals surface area contributed by atoms with Gasteiger partial charge in [0, 0.05) is 4.47 Å². The average molecular weight is 296 g/mol. The number of halogens is 1. The molecule has 1 aromatic heterocycles. The summed E-state index contributed by atoms with van der Waals surface area (Å²) < 4.78 is 0.998. The van der Waals surface area contributed by atoms with Gasteiger partial charge in [0.05, 0.1) is 6.04 Å². The maximum Gasteiger partial charge on any atom is 0.293 e. The summed E-state index contributed by atoms with van der Waals surface area (Å²) >= 11 is 3.36. The monoisotopic (exact) mass is 295 g/mol. The minimum Gasteiger partial charge on any atom is -0.343 e. The van der Waals surface area contributed by atoms with Crippen LogP contribution in [0, 0.1) is 0 Å². The fourth-order valence-electron chi connectivity index (χ4n) is 1.35. The molecular formula is C10H10BrN5O. The lowest BCUT2D eigenvalue weighted by atomic mass is 10.1. The van der Waals surface area contributed by atoms with Gasteiger partial charge in [-0.15, -0.1) is 10.2 Å². The smallest absolute Gasteiger partial charge is 0.293 e. The zero-order valence-electron chi connectivity index (χ0n) is 9.01. The Hall–Kier alpha value is -1.76. The fourth-order valence-corrected chi connectivity index (χ4v) is 1.62. The number of hydrogen-bond donors (Lipinski definition) is 2. The van der Waals surface area contributed by atoms with E-state index in [1.165, 1.54) is 0 Å². The minimum atomic E-state index is -0.353. The second kappa shape index (κ2) is 5.05. The highest BCUT2D eigenvalue weighted by Crippen LogP contribution is 2.16. The second-order valence-electron chi connectivity index (χ2n) is 3.48. The number of hydrogen-bond acceptors (Lipinski definition) is 4. The van der Waals surface area contributed by atoms with E-state index in [4.69, 9.17) is 0 Å². The quantitative estimate of drug-likeness (QED) is 0.898. The zero-order valence-corrected chi connectivity index (χ0v) is 10.6. The van der Waals surface area contributed by atoms with E-state index in [-0.39, 0.29) is 17.8 Å². The number of H-pyrrole nitrogens is 1. The minimum absolute atomic E-state index is 0.0361. The number of nitrogens with one attached hydrogen (secondary N) is 2. The molecule has 0 fully saturated rings. The van der Waals surface area contributed by atoms with Gasteiger partial charge in [-0.05, 0) is 29.8 Å². The average Bonchev–Trinajstić information content (AvgIpc) is 2.83. The van der Waals surface area contributed by atoms with Gasteiger partial charge in [0.2, 0.25) is 0 Å². The molecule has 0 bridgehead atoms. The number of aromatic nitrogens is 4. The molecule has 2 aromatic rings. The maximum atomic E-state index is 11.7. The molecule has 1 aromatic carbocycles. The molecule has 2 rings (SSSR count). The molecule has 0 aliphatic heterocycles. The summed E-state index contributed by atoms with van der Waals surface area (Å²) in [6.07, 6.45) is 0. The molecule has 0 radical (unpaired) electrons. The maximum absolute atomic E-state index is 11.7. The molecule has 88 valence electrons. The van der Waals surface area contributed by atoms with E-state index in [1.54, 1.807) is 0 Å². The number of tetrazole rings is 1. The summed E-state index contributed by atoms with van der Waals surface area (Å²) in [6.45, 7) is 1.89. The van der Waals surface area contributed by atoms with E-state index in [1.807, 2.05) is 31.2 Å². The lowest BCUT2D eigenvalue weighted by Gasteiger charge is -2.12. The molecule has 1 heterocycles. The first kappa shape index (κ1) is 11.7. The van der Waals surface area contributed by atoms with Crippen LogP contribution in [-0.2, 0) is 0 Å². The molecule has 1 atom stereocenters. The third-order valence-corrected chi connectivity index (χ3v) is 2.79. The lowest BCUT2D eigenvalue weighted by Crippen LogP contribution is -2.27. The van der Waals surface area contributed by atoms with Crippen LogP contribution in [0.2, 0.25) is 0 Å². The Kier molecular flexibility index (Phi) is 3.48. The SMILES string of the molecule is C[C@H](NC(=O)c1nn[nH]n1)c1ccc(Br)cc1. The van der Waals surface area contributed by atoms with Crippen LogP contribution in [0.4, 0.5) is 0 Å². The van der Waals surface area contributed by atoms with Crippen molar-refractivity contribution in [3.63, 3.8) is 0 Å². The van der Waals surface area contributed by atoms with E-state index in [0.29, 0.717) is 0 Å². The van der Waals surface area contributed by atoms with E-state index >= 15 is 0 Å². The van der Waals surface area contributed by atoms with Crippen molar-refractivity contribution in [2.45, 2.75) is 13.0 Å². The van der Waals surface area contributed by atoms with Crippen molar-refractivity contribution < 1.29 is 4.79 Å². The Morgan fingerprint density at radius 2 is 2.12 bits per heavy atom. The van der Waals surface area contributed by atoms with Gasteiger partial charge in [0.15, 0.2) is 0 Å². The molecule has 1 amide bonds. The van der Waals surface area contributed by atoms with E-state index in [9.17, 15) is 4.79 Å².